The van der Waals surface area contributed by atoms with Gasteiger partial charge in [-0.1, -0.05) is 61.0 Å². The molecular weight excluding hydrogens is 415 g/mol. The highest BCUT2D eigenvalue weighted by atomic mass is 35.5. The van der Waals surface area contributed by atoms with Crippen LogP contribution < -0.4 is 5.32 Å². The monoisotopic (exact) mass is 434 g/mol. The average molecular weight is 435 g/mol. The molecule has 1 aliphatic rings. The van der Waals surface area contributed by atoms with Gasteiger partial charge in [0, 0.05) is 16.3 Å². The van der Waals surface area contributed by atoms with Gasteiger partial charge in [-0.25, -0.2) is 4.39 Å². The Hall–Kier alpha value is -3.44. The fourth-order valence-electron chi connectivity index (χ4n) is 3.49. The minimum absolute atomic E-state index is 0.151. The fraction of sp³-hybridized carbons (Fsp3) is 0.120. The number of halogens is 2. The summed E-state index contributed by atoms with van der Waals surface area (Å²) in [6, 6.07) is 20.5. The summed E-state index contributed by atoms with van der Waals surface area (Å²) in [6.45, 7) is 1.91. The van der Waals surface area contributed by atoms with E-state index >= 15 is 0 Å². The molecule has 1 aliphatic heterocycles. The predicted molar refractivity (Wildman–Crippen MR) is 120 cm³/mol. The van der Waals surface area contributed by atoms with Crippen molar-refractivity contribution in [3.05, 3.63) is 106 Å². The maximum atomic E-state index is 14.2. The number of amides is 2. The Morgan fingerprint density at radius 2 is 1.58 bits per heavy atom. The summed E-state index contributed by atoms with van der Waals surface area (Å²) in [5.74, 6) is -1.45. The van der Waals surface area contributed by atoms with E-state index in [-0.39, 0.29) is 23.4 Å². The van der Waals surface area contributed by atoms with E-state index < -0.39 is 17.6 Å². The molecule has 0 aromatic heterocycles. The molecule has 4 rings (SSSR count). The zero-order valence-electron chi connectivity index (χ0n) is 16.9. The highest BCUT2D eigenvalue weighted by molar-refractivity contribution is 6.36. The van der Waals surface area contributed by atoms with Crippen LogP contribution in [0.5, 0.6) is 0 Å². The summed E-state index contributed by atoms with van der Waals surface area (Å²) in [5, 5.41) is 3.63. The van der Waals surface area contributed by atoms with Gasteiger partial charge in [0.1, 0.15) is 11.5 Å². The molecule has 6 heteroatoms. The smallest absolute Gasteiger partial charge is 0.278 e. The lowest BCUT2D eigenvalue weighted by Gasteiger charge is -2.16. The number of aryl methyl sites for hydroxylation is 1. The summed E-state index contributed by atoms with van der Waals surface area (Å²) in [5.41, 5.74) is 3.07. The van der Waals surface area contributed by atoms with Crippen LogP contribution in [0.3, 0.4) is 0 Å². The lowest BCUT2D eigenvalue weighted by Crippen LogP contribution is -2.32. The van der Waals surface area contributed by atoms with Crippen LogP contribution in [0.25, 0.3) is 5.57 Å². The van der Waals surface area contributed by atoms with E-state index in [1.807, 2.05) is 24.3 Å². The molecule has 0 bridgehead atoms. The largest absolute Gasteiger partial charge is 0.350 e. The van der Waals surface area contributed by atoms with Gasteiger partial charge in [-0.3, -0.25) is 14.5 Å². The van der Waals surface area contributed by atoms with Gasteiger partial charge < -0.3 is 5.32 Å². The number of hydrogen-bond donors (Lipinski definition) is 1. The van der Waals surface area contributed by atoms with Crippen LogP contribution in [-0.4, -0.2) is 16.7 Å². The van der Waals surface area contributed by atoms with Crippen LogP contribution in [0.15, 0.2) is 78.5 Å². The molecule has 0 saturated heterocycles. The molecule has 1 N–H and O–H groups in total. The Kier molecular flexibility index (Phi) is 5.87. The van der Waals surface area contributed by atoms with Crippen molar-refractivity contribution < 1.29 is 14.0 Å². The zero-order chi connectivity index (χ0) is 22.0. The quantitative estimate of drug-likeness (QED) is 0.526. The summed E-state index contributed by atoms with van der Waals surface area (Å²) in [4.78, 5) is 27.6. The molecule has 0 unspecified atom stereocenters. The summed E-state index contributed by atoms with van der Waals surface area (Å²) in [6.07, 6.45) is 0.896. The van der Waals surface area contributed by atoms with Crippen molar-refractivity contribution in [1.29, 1.82) is 0 Å². The first-order valence-electron chi connectivity index (χ1n) is 9.93. The number of nitrogens with zero attached hydrogens (tertiary/aromatic N) is 1. The van der Waals surface area contributed by atoms with Gasteiger partial charge in [0.25, 0.3) is 11.8 Å². The van der Waals surface area contributed by atoms with Crippen molar-refractivity contribution in [2.75, 3.05) is 5.32 Å². The van der Waals surface area contributed by atoms with Crippen molar-refractivity contribution in [3.8, 4) is 0 Å². The number of benzene rings is 3. The van der Waals surface area contributed by atoms with Crippen molar-refractivity contribution in [2.24, 2.45) is 0 Å². The standard InChI is InChI=1S/C25H20ClFN2O2/c1-2-16-7-13-20(14-8-16)28-23-22(17-9-11-19(26)12-10-17)24(30)29(25(23)31)15-18-5-3-4-6-21(18)27/h3-14,28H,2,15H2,1H3. The fourth-order valence-corrected chi connectivity index (χ4v) is 3.61. The summed E-state index contributed by atoms with van der Waals surface area (Å²) in [7, 11) is 0. The molecule has 3 aromatic carbocycles. The number of anilines is 1. The Morgan fingerprint density at radius 1 is 0.903 bits per heavy atom. The van der Waals surface area contributed by atoms with Crippen LogP contribution >= 0.6 is 11.6 Å². The van der Waals surface area contributed by atoms with Crippen molar-refractivity contribution in [2.45, 2.75) is 19.9 Å². The topological polar surface area (TPSA) is 49.4 Å². The first-order chi connectivity index (χ1) is 15.0. The Labute approximate surface area is 185 Å². The average Bonchev–Trinajstić information content (AvgIpc) is 3.00. The predicted octanol–water partition coefficient (Wildman–Crippen LogP) is 5.43. The van der Waals surface area contributed by atoms with E-state index in [0.29, 0.717) is 16.3 Å². The number of carbonyl (C=O) groups is 2. The highest BCUT2D eigenvalue weighted by Crippen LogP contribution is 2.32. The third kappa shape index (κ3) is 4.23. The maximum absolute atomic E-state index is 14.2. The number of nitrogens with one attached hydrogen (secondary N) is 1. The van der Waals surface area contributed by atoms with Crippen molar-refractivity contribution in [1.82, 2.24) is 4.90 Å². The van der Waals surface area contributed by atoms with Crippen LogP contribution in [0.4, 0.5) is 10.1 Å². The lowest BCUT2D eigenvalue weighted by molar-refractivity contribution is -0.137. The summed E-state index contributed by atoms with van der Waals surface area (Å²) >= 11 is 6.00. The molecule has 0 fully saturated rings. The Bertz CT molecular complexity index is 1170. The lowest BCUT2D eigenvalue weighted by atomic mass is 10.0. The van der Waals surface area contributed by atoms with Gasteiger partial charge in [-0.2, -0.15) is 0 Å². The first-order valence-corrected chi connectivity index (χ1v) is 10.3. The molecule has 156 valence electrons. The Morgan fingerprint density at radius 3 is 2.23 bits per heavy atom. The van der Waals surface area contributed by atoms with Crippen LogP contribution in [0, 0.1) is 5.82 Å². The van der Waals surface area contributed by atoms with Gasteiger partial charge in [-0.05, 0) is 47.9 Å². The second-order valence-corrected chi connectivity index (χ2v) is 7.66. The van der Waals surface area contributed by atoms with Crippen LogP contribution in [0.2, 0.25) is 5.02 Å². The van der Waals surface area contributed by atoms with E-state index in [1.165, 1.54) is 6.07 Å². The third-order valence-corrected chi connectivity index (χ3v) is 5.47. The number of rotatable bonds is 6. The molecule has 1 heterocycles. The van der Waals surface area contributed by atoms with Crippen LogP contribution in [-0.2, 0) is 22.6 Å². The van der Waals surface area contributed by atoms with Gasteiger partial charge in [-0.15, -0.1) is 0 Å². The van der Waals surface area contributed by atoms with Gasteiger partial charge in [0.05, 0.1) is 12.1 Å². The van der Waals surface area contributed by atoms with E-state index in [4.69, 9.17) is 11.6 Å². The Balaban J connectivity index is 1.73. The third-order valence-electron chi connectivity index (χ3n) is 5.22. The van der Waals surface area contributed by atoms with Gasteiger partial charge >= 0.3 is 0 Å². The number of hydrogen-bond acceptors (Lipinski definition) is 3. The summed E-state index contributed by atoms with van der Waals surface area (Å²) < 4.78 is 14.2. The van der Waals surface area contributed by atoms with E-state index in [9.17, 15) is 14.0 Å². The highest BCUT2D eigenvalue weighted by Gasteiger charge is 2.39. The molecule has 31 heavy (non-hydrogen) atoms. The van der Waals surface area contributed by atoms with Gasteiger partial charge in [0.15, 0.2) is 0 Å². The molecule has 0 aliphatic carbocycles. The first kappa shape index (κ1) is 20.8. The molecule has 2 amide bonds. The van der Waals surface area contributed by atoms with E-state index in [1.54, 1.807) is 42.5 Å². The van der Waals surface area contributed by atoms with Crippen LogP contribution in [0.1, 0.15) is 23.6 Å². The molecular formula is C25H20ClFN2O2. The number of carbonyl (C=O) groups excluding carboxylic acids is 2. The van der Waals surface area contributed by atoms with Crippen molar-refractivity contribution >= 4 is 34.7 Å². The zero-order valence-corrected chi connectivity index (χ0v) is 17.6. The second-order valence-electron chi connectivity index (χ2n) is 7.22. The van der Waals surface area contributed by atoms with E-state index in [0.717, 1.165) is 16.9 Å². The minimum Gasteiger partial charge on any atom is -0.350 e. The second kappa shape index (κ2) is 8.74. The molecule has 0 spiro atoms. The van der Waals surface area contributed by atoms with E-state index in [2.05, 4.69) is 12.2 Å². The normalized spacial score (nSPS) is 13.8. The molecule has 4 nitrogen and oxygen atoms in total. The SMILES string of the molecule is CCc1ccc(NC2=C(c3ccc(Cl)cc3)C(=O)N(Cc3ccccc3F)C2=O)cc1. The molecule has 0 atom stereocenters. The minimum atomic E-state index is -0.502. The maximum Gasteiger partial charge on any atom is 0.278 e. The van der Waals surface area contributed by atoms with Gasteiger partial charge in [0.2, 0.25) is 0 Å². The molecule has 0 radical (unpaired) electrons. The number of imide groups is 1. The molecule has 3 aromatic rings. The molecule has 0 saturated carbocycles. The van der Waals surface area contributed by atoms with Crippen molar-refractivity contribution in [3.63, 3.8) is 0 Å².